The number of nitrogens with one attached hydrogen (secondary N) is 1. The van der Waals surface area contributed by atoms with E-state index < -0.39 is 0 Å². The van der Waals surface area contributed by atoms with Crippen LogP contribution in [0.3, 0.4) is 0 Å². The highest BCUT2D eigenvalue weighted by Crippen LogP contribution is 2.11. The molecule has 0 aliphatic carbocycles. The second-order valence-corrected chi connectivity index (χ2v) is 4.23. The van der Waals surface area contributed by atoms with E-state index in [0.717, 1.165) is 19.5 Å². The Morgan fingerprint density at radius 1 is 1.20 bits per heavy atom. The van der Waals surface area contributed by atoms with Gasteiger partial charge in [0, 0.05) is 6.54 Å². The monoisotopic (exact) mass is 268 g/mol. The maximum atomic E-state index is 8.88. The number of hydrogen-bond acceptors (Lipinski definition) is 5. The smallest absolute Gasteiger partial charge is 0.251 e. The Kier molecular flexibility index (Phi) is 5.50. The summed E-state index contributed by atoms with van der Waals surface area (Å²) in [5.41, 5.74) is 1.67. The first-order chi connectivity index (χ1) is 9.90. The summed E-state index contributed by atoms with van der Waals surface area (Å²) < 4.78 is 5.44. The predicted octanol–water partition coefficient (Wildman–Crippen LogP) is 1.91. The van der Waals surface area contributed by atoms with Crippen LogP contribution in [-0.2, 0) is 6.54 Å². The van der Waals surface area contributed by atoms with Crippen LogP contribution in [0, 0.1) is 11.3 Å². The van der Waals surface area contributed by atoms with Gasteiger partial charge in [-0.15, -0.1) is 5.10 Å². The Hall–Kier alpha value is -2.45. The molecule has 0 spiro atoms. The molecule has 1 aromatic carbocycles. The van der Waals surface area contributed by atoms with Crippen LogP contribution in [0.5, 0.6) is 5.88 Å². The standard InChI is InChI=1S/C15H16N4O/c16-11-14-7-9-18-19-15(14)20-10-4-8-17-12-13-5-2-1-3-6-13/h1-3,5-7,9,17H,4,8,10,12H2. The lowest BCUT2D eigenvalue weighted by Gasteiger charge is -2.07. The molecule has 2 rings (SSSR count). The third-order valence-corrected chi connectivity index (χ3v) is 2.72. The summed E-state index contributed by atoms with van der Waals surface area (Å²) in [7, 11) is 0. The molecule has 0 amide bonds. The number of ether oxygens (including phenoxy) is 1. The molecule has 0 saturated heterocycles. The van der Waals surface area contributed by atoms with Gasteiger partial charge in [-0.1, -0.05) is 30.3 Å². The van der Waals surface area contributed by atoms with Crippen molar-refractivity contribution in [1.82, 2.24) is 15.5 Å². The van der Waals surface area contributed by atoms with E-state index in [1.807, 2.05) is 24.3 Å². The van der Waals surface area contributed by atoms with Crippen LogP contribution < -0.4 is 10.1 Å². The minimum Gasteiger partial charge on any atom is -0.476 e. The second kappa shape index (κ2) is 7.87. The maximum absolute atomic E-state index is 8.88. The highest BCUT2D eigenvalue weighted by molar-refractivity contribution is 5.35. The third-order valence-electron chi connectivity index (χ3n) is 2.72. The van der Waals surface area contributed by atoms with Crippen molar-refractivity contribution in [1.29, 1.82) is 5.26 Å². The first kappa shape index (κ1) is 14.0. The molecule has 0 saturated carbocycles. The molecule has 1 aromatic heterocycles. The van der Waals surface area contributed by atoms with Crippen molar-refractivity contribution in [3.8, 4) is 11.9 Å². The Labute approximate surface area is 118 Å². The van der Waals surface area contributed by atoms with Crippen molar-refractivity contribution in [2.24, 2.45) is 0 Å². The van der Waals surface area contributed by atoms with Crippen LogP contribution in [0.4, 0.5) is 0 Å². The normalized spacial score (nSPS) is 9.95. The molecule has 0 aliphatic rings. The minimum absolute atomic E-state index is 0.304. The van der Waals surface area contributed by atoms with Gasteiger partial charge >= 0.3 is 0 Å². The van der Waals surface area contributed by atoms with Crippen LogP contribution in [0.25, 0.3) is 0 Å². The summed E-state index contributed by atoms with van der Waals surface area (Å²) in [6, 6.07) is 13.8. The van der Waals surface area contributed by atoms with E-state index in [4.69, 9.17) is 10.00 Å². The lowest BCUT2D eigenvalue weighted by molar-refractivity contribution is 0.292. The molecule has 5 heteroatoms. The average Bonchev–Trinajstić information content (AvgIpc) is 2.52. The number of nitrogens with zero attached hydrogens (tertiary/aromatic N) is 3. The Morgan fingerprint density at radius 2 is 2.05 bits per heavy atom. The van der Waals surface area contributed by atoms with Gasteiger partial charge in [0.2, 0.25) is 0 Å². The molecular weight excluding hydrogens is 252 g/mol. The van der Waals surface area contributed by atoms with E-state index in [-0.39, 0.29) is 0 Å². The van der Waals surface area contributed by atoms with Crippen LogP contribution in [0.1, 0.15) is 17.5 Å². The maximum Gasteiger partial charge on any atom is 0.251 e. The highest BCUT2D eigenvalue weighted by atomic mass is 16.5. The van der Waals surface area contributed by atoms with E-state index in [1.54, 1.807) is 6.07 Å². The van der Waals surface area contributed by atoms with Crippen molar-refractivity contribution < 1.29 is 4.74 Å². The SMILES string of the molecule is N#Cc1ccnnc1OCCCNCc1ccccc1. The number of rotatable bonds is 7. The summed E-state index contributed by atoms with van der Waals surface area (Å²) in [6.07, 6.45) is 2.32. The summed E-state index contributed by atoms with van der Waals surface area (Å²) in [4.78, 5) is 0. The average molecular weight is 268 g/mol. The van der Waals surface area contributed by atoms with E-state index in [0.29, 0.717) is 18.1 Å². The topological polar surface area (TPSA) is 70.8 Å². The molecule has 20 heavy (non-hydrogen) atoms. The fourth-order valence-electron chi connectivity index (χ4n) is 1.71. The van der Waals surface area contributed by atoms with Crippen LogP contribution in [0.2, 0.25) is 0 Å². The van der Waals surface area contributed by atoms with Gasteiger partial charge in [0.15, 0.2) is 0 Å². The molecule has 102 valence electrons. The summed E-state index contributed by atoms with van der Waals surface area (Å²) in [6.45, 7) is 2.20. The highest BCUT2D eigenvalue weighted by Gasteiger charge is 2.03. The van der Waals surface area contributed by atoms with Gasteiger partial charge in [-0.2, -0.15) is 10.4 Å². The third kappa shape index (κ3) is 4.34. The van der Waals surface area contributed by atoms with Crippen LogP contribution in [-0.4, -0.2) is 23.3 Å². The van der Waals surface area contributed by atoms with Gasteiger partial charge < -0.3 is 10.1 Å². The van der Waals surface area contributed by atoms with Gasteiger partial charge in [0.1, 0.15) is 11.6 Å². The van der Waals surface area contributed by atoms with Crippen molar-refractivity contribution in [3.05, 3.63) is 53.7 Å². The molecule has 0 radical (unpaired) electrons. The van der Waals surface area contributed by atoms with Gasteiger partial charge in [0.05, 0.1) is 12.8 Å². The zero-order valence-corrected chi connectivity index (χ0v) is 11.1. The molecular formula is C15H16N4O. The number of benzene rings is 1. The van der Waals surface area contributed by atoms with Crippen molar-refractivity contribution >= 4 is 0 Å². The molecule has 2 aromatic rings. The molecule has 0 atom stereocenters. The molecule has 0 fully saturated rings. The van der Waals surface area contributed by atoms with Gasteiger partial charge in [-0.05, 0) is 24.6 Å². The number of aromatic nitrogens is 2. The summed E-state index contributed by atoms with van der Waals surface area (Å²) in [5.74, 6) is 0.304. The van der Waals surface area contributed by atoms with Crippen molar-refractivity contribution in [2.75, 3.05) is 13.2 Å². The van der Waals surface area contributed by atoms with E-state index in [2.05, 4.69) is 27.6 Å². The lowest BCUT2D eigenvalue weighted by Crippen LogP contribution is -2.17. The summed E-state index contributed by atoms with van der Waals surface area (Å²) >= 11 is 0. The van der Waals surface area contributed by atoms with E-state index >= 15 is 0 Å². The first-order valence-electron chi connectivity index (χ1n) is 6.49. The van der Waals surface area contributed by atoms with Crippen LogP contribution in [0.15, 0.2) is 42.6 Å². The van der Waals surface area contributed by atoms with E-state index in [1.165, 1.54) is 11.8 Å². The number of nitriles is 1. The molecule has 1 N–H and O–H groups in total. The fourth-order valence-corrected chi connectivity index (χ4v) is 1.71. The zero-order chi connectivity index (χ0) is 14.0. The molecule has 5 nitrogen and oxygen atoms in total. The second-order valence-electron chi connectivity index (χ2n) is 4.23. The van der Waals surface area contributed by atoms with Crippen molar-refractivity contribution in [3.63, 3.8) is 0 Å². The van der Waals surface area contributed by atoms with Crippen LogP contribution >= 0.6 is 0 Å². The quantitative estimate of drug-likeness (QED) is 0.777. The van der Waals surface area contributed by atoms with Gasteiger partial charge in [0.25, 0.3) is 5.88 Å². The fraction of sp³-hybridized carbons (Fsp3) is 0.267. The molecule has 0 aliphatic heterocycles. The largest absolute Gasteiger partial charge is 0.476 e. The van der Waals surface area contributed by atoms with Gasteiger partial charge in [-0.25, -0.2) is 0 Å². The van der Waals surface area contributed by atoms with E-state index in [9.17, 15) is 0 Å². The predicted molar refractivity (Wildman–Crippen MR) is 75.0 cm³/mol. The lowest BCUT2D eigenvalue weighted by atomic mass is 10.2. The molecule has 0 unspecified atom stereocenters. The minimum atomic E-state index is 0.304. The Balaban J connectivity index is 1.64. The first-order valence-corrected chi connectivity index (χ1v) is 6.49. The summed E-state index contributed by atoms with van der Waals surface area (Å²) in [5, 5.41) is 19.7. The zero-order valence-electron chi connectivity index (χ0n) is 11.1. The van der Waals surface area contributed by atoms with Crippen molar-refractivity contribution in [2.45, 2.75) is 13.0 Å². The Morgan fingerprint density at radius 3 is 2.85 bits per heavy atom. The Bertz CT molecular complexity index is 566. The molecule has 0 bridgehead atoms. The van der Waals surface area contributed by atoms with Gasteiger partial charge in [-0.3, -0.25) is 0 Å². The molecule has 1 heterocycles. The number of hydrogen-bond donors (Lipinski definition) is 1.